The minimum atomic E-state index is 0. The molecule has 1 N–H and O–H groups in total. The van der Waals surface area contributed by atoms with Crippen LogP contribution in [0.15, 0.2) is 22.9 Å². The van der Waals surface area contributed by atoms with Crippen molar-refractivity contribution < 1.29 is 0 Å². The smallest absolute Gasteiger partial charge is 0.0410 e. The molecule has 3 nitrogen and oxygen atoms in total. The Labute approximate surface area is 129 Å². The fraction of sp³-hybridized carbons (Fsp3) is 0.643. The van der Waals surface area contributed by atoms with Crippen LogP contribution in [0, 0.1) is 5.41 Å². The van der Waals surface area contributed by atoms with Gasteiger partial charge in [-0.15, -0.1) is 12.4 Å². The molecule has 2 saturated heterocycles. The summed E-state index contributed by atoms with van der Waals surface area (Å²) in [6, 6.07) is 2.18. The summed E-state index contributed by atoms with van der Waals surface area (Å²) in [6.45, 7) is 5.95. The molecule has 2 aliphatic heterocycles. The second-order valence-corrected chi connectivity index (χ2v) is 6.64. The number of nitrogens with one attached hydrogen (secondary N) is 1. The number of aromatic nitrogens is 1. The van der Waals surface area contributed by atoms with Gasteiger partial charge in [0.15, 0.2) is 0 Å². The highest BCUT2D eigenvalue weighted by Crippen LogP contribution is 2.38. The molecule has 19 heavy (non-hydrogen) atoms. The van der Waals surface area contributed by atoms with Crippen LogP contribution in [0.5, 0.6) is 0 Å². The summed E-state index contributed by atoms with van der Waals surface area (Å²) < 4.78 is 1.08. The number of pyridine rings is 1. The van der Waals surface area contributed by atoms with Gasteiger partial charge < -0.3 is 5.32 Å². The molecule has 0 amide bonds. The van der Waals surface area contributed by atoms with Crippen LogP contribution in [-0.2, 0) is 6.54 Å². The van der Waals surface area contributed by atoms with E-state index in [-0.39, 0.29) is 12.4 Å². The Hall–Kier alpha value is -0.160. The molecule has 0 radical (unpaired) electrons. The van der Waals surface area contributed by atoms with Crippen molar-refractivity contribution in [3.05, 3.63) is 28.5 Å². The zero-order valence-electron chi connectivity index (χ0n) is 11.1. The van der Waals surface area contributed by atoms with E-state index in [0.29, 0.717) is 5.41 Å². The Kier molecular flexibility index (Phi) is 5.23. The summed E-state index contributed by atoms with van der Waals surface area (Å²) in [7, 11) is 0. The molecule has 1 aromatic rings. The third kappa shape index (κ3) is 3.69. The molecule has 1 aromatic heterocycles. The number of piperidine rings is 1. The minimum Gasteiger partial charge on any atom is -0.317 e. The third-order valence-electron chi connectivity index (χ3n) is 4.35. The molecular formula is C14H21BrClN3. The SMILES string of the molecule is Brc1cncc(CN2CCC3(CCNCC3)C2)c1.Cl. The van der Waals surface area contributed by atoms with Gasteiger partial charge in [0.05, 0.1) is 0 Å². The molecule has 0 aliphatic carbocycles. The molecular weight excluding hydrogens is 326 g/mol. The first-order chi connectivity index (χ1) is 8.76. The van der Waals surface area contributed by atoms with Gasteiger partial charge in [-0.05, 0) is 71.9 Å². The van der Waals surface area contributed by atoms with E-state index < -0.39 is 0 Å². The van der Waals surface area contributed by atoms with E-state index in [1.807, 2.05) is 12.4 Å². The van der Waals surface area contributed by atoms with Crippen LogP contribution in [0.2, 0.25) is 0 Å². The van der Waals surface area contributed by atoms with Gasteiger partial charge in [0.2, 0.25) is 0 Å². The molecule has 5 heteroatoms. The maximum atomic E-state index is 4.25. The van der Waals surface area contributed by atoms with E-state index in [1.54, 1.807) is 0 Å². The first-order valence-corrected chi connectivity index (χ1v) is 7.58. The Morgan fingerprint density at radius 3 is 2.79 bits per heavy atom. The highest BCUT2D eigenvalue weighted by Gasteiger charge is 2.38. The minimum absolute atomic E-state index is 0. The quantitative estimate of drug-likeness (QED) is 0.892. The normalized spacial score (nSPS) is 22.4. The highest BCUT2D eigenvalue weighted by atomic mass is 79.9. The van der Waals surface area contributed by atoms with Gasteiger partial charge in [-0.1, -0.05) is 0 Å². The van der Waals surface area contributed by atoms with Gasteiger partial charge in [-0.3, -0.25) is 9.88 Å². The topological polar surface area (TPSA) is 28.2 Å². The van der Waals surface area contributed by atoms with Crippen LogP contribution in [-0.4, -0.2) is 36.1 Å². The van der Waals surface area contributed by atoms with Crippen molar-refractivity contribution in [2.24, 2.45) is 5.41 Å². The van der Waals surface area contributed by atoms with Crippen molar-refractivity contribution in [2.45, 2.75) is 25.8 Å². The number of halogens is 2. The van der Waals surface area contributed by atoms with Crippen LogP contribution in [0.1, 0.15) is 24.8 Å². The Morgan fingerprint density at radius 2 is 2.05 bits per heavy atom. The maximum absolute atomic E-state index is 4.25. The van der Waals surface area contributed by atoms with Gasteiger partial charge in [0, 0.05) is 30.0 Å². The summed E-state index contributed by atoms with van der Waals surface area (Å²) in [6.07, 6.45) is 7.90. The van der Waals surface area contributed by atoms with Crippen molar-refractivity contribution in [1.82, 2.24) is 15.2 Å². The van der Waals surface area contributed by atoms with E-state index in [0.717, 1.165) is 11.0 Å². The summed E-state index contributed by atoms with van der Waals surface area (Å²) in [5.41, 5.74) is 1.92. The van der Waals surface area contributed by atoms with Crippen LogP contribution in [0.4, 0.5) is 0 Å². The lowest BCUT2D eigenvalue weighted by Crippen LogP contribution is -2.38. The van der Waals surface area contributed by atoms with Crippen molar-refractivity contribution in [2.75, 3.05) is 26.2 Å². The fourth-order valence-electron chi connectivity index (χ4n) is 3.33. The lowest BCUT2D eigenvalue weighted by atomic mass is 9.78. The standard InChI is InChI=1S/C14H20BrN3.ClH/c15-13-7-12(8-17-9-13)10-18-6-3-14(11-18)1-4-16-5-2-14;/h7-9,16H,1-6,10-11H2;1H. The first-order valence-electron chi connectivity index (χ1n) is 6.78. The van der Waals surface area contributed by atoms with Crippen molar-refractivity contribution in [3.63, 3.8) is 0 Å². The molecule has 106 valence electrons. The zero-order chi connectivity index (χ0) is 12.4. The molecule has 0 aromatic carbocycles. The lowest BCUT2D eigenvalue weighted by molar-refractivity contribution is 0.194. The van der Waals surface area contributed by atoms with Crippen molar-refractivity contribution >= 4 is 28.3 Å². The molecule has 3 rings (SSSR count). The fourth-order valence-corrected chi connectivity index (χ4v) is 3.74. The monoisotopic (exact) mass is 345 g/mol. The van der Waals surface area contributed by atoms with Gasteiger partial charge in [0.25, 0.3) is 0 Å². The van der Waals surface area contributed by atoms with E-state index in [4.69, 9.17) is 0 Å². The summed E-state index contributed by atoms with van der Waals surface area (Å²) >= 11 is 3.49. The second kappa shape index (κ2) is 6.53. The summed E-state index contributed by atoms with van der Waals surface area (Å²) in [5, 5.41) is 3.47. The average molecular weight is 347 g/mol. The number of likely N-dealkylation sites (tertiary alicyclic amines) is 1. The molecule has 0 saturated carbocycles. The number of nitrogens with zero attached hydrogens (tertiary/aromatic N) is 2. The van der Waals surface area contributed by atoms with Gasteiger partial charge >= 0.3 is 0 Å². The molecule has 2 fully saturated rings. The van der Waals surface area contributed by atoms with Gasteiger partial charge in [-0.25, -0.2) is 0 Å². The number of hydrogen-bond donors (Lipinski definition) is 1. The van der Waals surface area contributed by atoms with E-state index in [2.05, 4.69) is 37.2 Å². The van der Waals surface area contributed by atoms with Crippen molar-refractivity contribution in [3.8, 4) is 0 Å². The predicted molar refractivity (Wildman–Crippen MR) is 83.6 cm³/mol. The molecule has 1 spiro atoms. The highest BCUT2D eigenvalue weighted by molar-refractivity contribution is 9.10. The molecule has 0 bridgehead atoms. The number of rotatable bonds is 2. The van der Waals surface area contributed by atoms with E-state index >= 15 is 0 Å². The van der Waals surface area contributed by atoms with E-state index in [1.165, 1.54) is 51.0 Å². The Bertz CT molecular complexity index is 421. The van der Waals surface area contributed by atoms with Crippen molar-refractivity contribution in [1.29, 1.82) is 0 Å². The van der Waals surface area contributed by atoms with Crippen LogP contribution < -0.4 is 5.32 Å². The summed E-state index contributed by atoms with van der Waals surface area (Å²) in [4.78, 5) is 6.84. The second-order valence-electron chi connectivity index (χ2n) is 5.72. The Balaban J connectivity index is 0.00000133. The molecule has 0 atom stereocenters. The van der Waals surface area contributed by atoms with Crippen LogP contribution in [0.3, 0.4) is 0 Å². The third-order valence-corrected chi connectivity index (χ3v) is 4.78. The predicted octanol–water partition coefficient (Wildman–Crippen LogP) is 2.84. The molecule has 3 heterocycles. The maximum Gasteiger partial charge on any atom is 0.0410 e. The zero-order valence-corrected chi connectivity index (χ0v) is 13.5. The van der Waals surface area contributed by atoms with Gasteiger partial charge in [0.1, 0.15) is 0 Å². The largest absolute Gasteiger partial charge is 0.317 e. The average Bonchev–Trinajstić information content (AvgIpc) is 2.73. The molecule has 0 unspecified atom stereocenters. The van der Waals surface area contributed by atoms with Gasteiger partial charge in [-0.2, -0.15) is 0 Å². The van der Waals surface area contributed by atoms with E-state index in [9.17, 15) is 0 Å². The molecule has 2 aliphatic rings. The summed E-state index contributed by atoms with van der Waals surface area (Å²) in [5.74, 6) is 0. The lowest BCUT2D eigenvalue weighted by Gasteiger charge is -2.33. The van der Waals surface area contributed by atoms with Crippen LogP contribution >= 0.6 is 28.3 Å². The Morgan fingerprint density at radius 1 is 1.26 bits per heavy atom. The first kappa shape index (κ1) is 15.2. The number of hydrogen-bond acceptors (Lipinski definition) is 3. The van der Waals surface area contributed by atoms with Crippen LogP contribution in [0.25, 0.3) is 0 Å².